The van der Waals surface area contributed by atoms with E-state index in [2.05, 4.69) is 0 Å². The number of hydrogen-bond acceptors (Lipinski definition) is 4. The van der Waals surface area contributed by atoms with Crippen LogP contribution in [0.5, 0.6) is 11.6 Å². The molecule has 1 aliphatic heterocycles. The number of ether oxygens (including phenoxy) is 2. The highest BCUT2D eigenvalue weighted by molar-refractivity contribution is 6.30. The molecule has 1 fully saturated rings. The highest BCUT2D eigenvalue weighted by Gasteiger charge is 2.25. The number of aromatic nitrogens is 2. The Balaban J connectivity index is 1.71. The van der Waals surface area contributed by atoms with Gasteiger partial charge in [-0.2, -0.15) is 5.10 Å². The Morgan fingerprint density at radius 2 is 1.97 bits per heavy atom. The molecule has 1 aliphatic rings. The second-order valence-corrected chi connectivity index (χ2v) is 8.14. The normalized spacial score (nSPS) is 15.8. The minimum Gasteiger partial charge on any atom is -0.439 e. The second kappa shape index (κ2) is 9.54. The Morgan fingerprint density at radius 3 is 2.61 bits per heavy atom. The van der Waals surface area contributed by atoms with Gasteiger partial charge in [-0.25, -0.2) is 4.68 Å². The fourth-order valence-corrected chi connectivity index (χ4v) is 3.84. The number of hydrogen-bond donors (Lipinski definition) is 0. The van der Waals surface area contributed by atoms with Gasteiger partial charge in [-0.05, 0) is 56.2 Å². The molecule has 0 unspecified atom stereocenters. The lowest BCUT2D eigenvalue weighted by atomic mass is 10.2. The minimum atomic E-state index is -0.000181. The summed E-state index contributed by atoms with van der Waals surface area (Å²) in [5.41, 5.74) is 2.50. The van der Waals surface area contributed by atoms with Crippen LogP contribution < -0.4 is 4.74 Å². The van der Waals surface area contributed by atoms with Crippen molar-refractivity contribution < 1.29 is 14.3 Å². The van der Waals surface area contributed by atoms with Crippen LogP contribution in [0.1, 0.15) is 31.0 Å². The van der Waals surface area contributed by atoms with Crippen molar-refractivity contribution in [3.63, 3.8) is 0 Å². The maximum absolute atomic E-state index is 12.4. The Morgan fingerprint density at radius 1 is 1.23 bits per heavy atom. The third kappa shape index (κ3) is 5.09. The van der Waals surface area contributed by atoms with E-state index in [-0.39, 0.29) is 12.0 Å². The summed E-state index contributed by atoms with van der Waals surface area (Å²) in [4.78, 5) is 14.2. The zero-order valence-corrected chi connectivity index (χ0v) is 18.5. The summed E-state index contributed by atoms with van der Waals surface area (Å²) >= 11 is 6.07. The van der Waals surface area contributed by atoms with Crippen LogP contribution >= 0.6 is 11.6 Å². The van der Waals surface area contributed by atoms with Crippen LogP contribution in [0.2, 0.25) is 5.02 Å². The summed E-state index contributed by atoms with van der Waals surface area (Å²) in [5.74, 6) is 1.29. The van der Waals surface area contributed by atoms with Gasteiger partial charge in [-0.3, -0.25) is 4.79 Å². The summed E-state index contributed by atoms with van der Waals surface area (Å²) in [6.07, 6.45) is 2.08. The monoisotopic (exact) mass is 439 g/mol. The predicted molar refractivity (Wildman–Crippen MR) is 120 cm³/mol. The minimum absolute atomic E-state index is 0.000181. The molecule has 0 radical (unpaired) electrons. The van der Waals surface area contributed by atoms with Crippen LogP contribution in [-0.4, -0.2) is 39.8 Å². The van der Waals surface area contributed by atoms with Gasteiger partial charge in [0.2, 0.25) is 11.8 Å². The molecule has 2 heterocycles. The first-order valence-electron chi connectivity index (χ1n) is 10.5. The molecule has 4 rings (SSSR count). The molecule has 3 aromatic rings. The first kappa shape index (κ1) is 21.4. The number of halogens is 1. The number of carbonyl (C=O) groups excluding carboxylic acids is 1. The van der Waals surface area contributed by atoms with Crippen molar-refractivity contribution in [1.29, 1.82) is 0 Å². The smallest absolute Gasteiger partial charge is 0.227 e. The van der Waals surface area contributed by atoms with Crippen molar-refractivity contribution in [2.45, 2.75) is 39.3 Å². The quantitative estimate of drug-likeness (QED) is 0.510. The average molecular weight is 440 g/mol. The molecular weight excluding hydrogens is 414 g/mol. The van der Waals surface area contributed by atoms with Crippen LogP contribution in [0.3, 0.4) is 0 Å². The SMILES string of the molecule is CC(=O)N(Cc1c(C)nn(-c2ccc(Cl)cc2)c1Oc1ccccc1)C[C@@H]1CCCO1. The molecule has 0 saturated carbocycles. The predicted octanol–water partition coefficient (Wildman–Crippen LogP) is 5.15. The molecule has 0 spiro atoms. The van der Waals surface area contributed by atoms with Crippen LogP contribution in [0.25, 0.3) is 5.69 Å². The molecule has 2 aromatic carbocycles. The fraction of sp³-hybridized carbons (Fsp3) is 0.333. The molecule has 1 saturated heterocycles. The topological polar surface area (TPSA) is 56.6 Å². The van der Waals surface area contributed by atoms with E-state index >= 15 is 0 Å². The molecule has 0 aliphatic carbocycles. The summed E-state index contributed by atoms with van der Waals surface area (Å²) in [7, 11) is 0. The van der Waals surface area contributed by atoms with Gasteiger partial charge < -0.3 is 14.4 Å². The largest absolute Gasteiger partial charge is 0.439 e. The Labute approximate surface area is 187 Å². The van der Waals surface area contributed by atoms with Gasteiger partial charge in [0.05, 0.1) is 29.6 Å². The number of rotatable bonds is 7. The van der Waals surface area contributed by atoms with Gasteiger partial charge in [0.25, 0.3) is 0 Å². The van der Waals surface area contributed by atoms with E-state index in [9.17, 15) is 4.79 Å². The molecule has 1 amide bonds. The third-order valence-electron chi connectivity index (χ3n) is 5.41. The number of carbonyl (C=O) groups is 1. The van der Waals surface area contributed by atoms with E-state index in [0.29, 0.717) is 29.7 Å². The zero-order valence-electron chi connectivity index (χ0n) is 17.8. The lowest BCUT2D eigenvalue weighted by Crippen LogP contribution is -2.35. The molecule has 0 N–H and O–H groups in total. The fourth-order valence-electron chi connectivity index (χ4n) is 3.71. The number of para-hydroxylation sites is 1. The van der Waals surface area contributed by atoms with Gasteiger partial charge >= 0.3 is 0 Å². The van der Waals surface area contributed by atoms with E-state index in [1.165, 1.54) is 0 Å². The van der Waals surface area contributed by atoms with E-state index in [4.69, 9.17) is 26.2 Å². The molecule has 1 aromatic heterocycles. The molecule has 162 valence electrons. The first-order chi connectivity index (χ1) is 15.0. The highest BCUT2D eigenvalue weighted by Crippen LogP contribution is 2.32. The Hall–Kier alpha value is -2.83. The molecule has 0 bridgehead atoms. The van der Waals surface area contributed by atoms with Crippen molar-refractivity contribution in [3.05, 3.63) is 70.9 Å². The Bertz CT molecular complexity index is 1030. The third-order valence-corrected chi connectivity index (χ3v) is 5.66. The van der Waals surface area contributed by atoms with Crippen molar-refractivity contribution in [2.75, 3.05) is 13.2 Å². The maximum atomic E-state index is 12.4. The van der Waals surface area contributed by atoms with Crippen LogP contribution in [0, 0.1) is 6.92 Å². The summed E-state index contributed by atoms with van der Waals surface area (Å²) in [6, 6.07) is 17.0. The molecule has 31 heavy (non-hydrogen) atoms. The number of aryl methyl sites for hydroxylation is 1. The number of benzene rings is 2. The van der Waals surface area contributed by atoms with Crippen LogP contribution in [0.4, 0.5) is 0 Å². The average Bonchev–Trinajstić information content (AvgIpc) is 3.38. The van der Waals surface area contributed by atoms with E-state index in [0.717, 1.165) is 36.4 Å². The van der Waals surface area contributed by atoms with Crippen molar-refractivity contribution in [1.82, 2.24) is 14.7 Å². The Kier molecular flexibility index (Phi) is 6.59. The van der Waals surface area contributed by atoms with Crippen molar-refractivity contribution in [3.8, 4) is 17.3 Å². The number of nitrogens with zero attached hydrogens (tertiary/aromatic N) is 3. The summed E-state index contributed by atoms with van der Waals surface area (Å²) < 4.78 is 13.8. The number of amides is 1. The van der Waals surface area contributed by atoms with Gasteiger partial charge in [0.15, 0.2) is 0 Å². The van der Waals surface area contributed by atoms with Gasteiger partial charge in [0, 0.05) is 25.1 Å². The molecule has 1 atom stereocenters. The second-order valence-electron chi connectivity index (χ2n) is 7.71. The van der Waals surface area contributed by atoms with E-state index in [1.54, 1.807) is 11.6 Å². The van der Waals surface area contributed by atoms with Crippen LogP contribution in [0.15, 0.2) is 54.6 Å². The highest BCUT2D eigenvalue weighted by atomic mass is 35.5. The molecule has 7 heteroatoms. The van der Waals surface area contributed by atoms with Crippen molar-refractivity contribution in [2.24, 2.45) is 0 Å². The molecule has 6 nitrogen and oxygen atoms in total. The van der Waals surface area contributed by atoms with Crippen LogP contribution in [-0.2, 0) is 16.1 Å². The lowest BCUT2D eigenvalue weighted by molar-refractivity contribution is -0.131. The van der Waals surface area contributed by atoms with Gasteiger partial charge in [0.1, 0.15) is 5.75 Å². The lowest BCUT2D eigenvalue weighted by Gasteiger charge is -2.24. The van der Waals surface area contributed by atoms with E-state index in [1.807, 2.05) is 66.4 Å². The zero-order chi connectivity index (χ0) is 21.8. The van der Waals surface area contributed by atoms with Crippen molar-refractivity contribution >= 4 is 17.5 Å². The maximum Gasteiger partial charge on any atom is 0.227 e. The summed E-state index contributed by atoms with van der Waals surface area (Å²) in [6.45, 7) is 5.24. The van der Waals surface area contributed by atoms with Gasteiger partial charge in [-0.15, -0.1) is 0 Å². The standard InChI is InChI=1S/C24H26ClN3O3/c1-17-23(16-27(18(2)29)15-22-9-6-14-30-22)24(31-21-7-4-3-5-8-21)28(26-17)20-12-10-19(25)11-13-20/h3-5,7-8,10-13,22H,6,9,14-16H2,1-2H3/t22-/m0/s1. The molecular formula is C24H26ClN3O3. The first-order valence-corrected chi connectivity index (χ1v) is 10.8. The van der Waals surface area contributed by atoms with E-state index < -0.39 is 0 Å². The van der Waals surface area contributed by atoms with Gasteiger partial charge in [-0.1, -0.05) is 29.8 Å². The summed E-state index contributed by atoms with van der Waals surface area (Å²) in [5, 5.41) is 5.38.